The van der Waals surface area contributed by atoms with Crippen molar-refractivity contribution < 1.29 is 9.13 Å². The van der Waals surface area contributed by atoms with Gasteiger partial charge in [0.25, 0.3) is 0 Å². The third kappa shape index (κ3) is 3.17. The van der Waals surface area contributed by atoms with E-state index in [2.05, 4.69) is 21.0 Å². The summed E-state index contributed by atoms with van der Waals surface area (Å²) in [6.45, 7) is 1.59. The number of piperidine rings is 1. The quantitative estimate of drug-likeness (QED) is 0.816. The van der Waals surface area contributed by atoms with Crippen LogP contribution in [0.3, 0.4) is 0 Å². The summed E-state index contributed by atoms with van der Waals surface area (Å²) in [7, 11) is 0. The number of hydrogen-bond acceptors (Lipinski definition) is 4. The molecule has 5 heteroatoms. The minimum absolute atomic E-state index is 0.0195. The number of aromatic nitrogens is 2. The first-order valence-corrected chi connectivity index (χ1v) is 7.23. The van der Waals surface area contributed by atoms with E-state index in [1.54, 1.807) is 24.3 Å². The van der Waals surface area contributed by atoms with Crippen LogP contribution >= 0.6 is 0 Å². The van der Waals surface area contributed by atoms with E-state index in [0.29, 0.717) is 11.4 Å². The molecule has 0 bridgehead atoms. The van der Waals surface area contributed by atoms with Gasteiger partial charge in [0.15, 0.2) is 17.4 Å². The average molecular weight is 297 g/mol. The van der Waals surface area contributed by atoms with Gasteiger partial charge in [-0.3, -0.25) is 0 Å². The third-order valence-corrected chi connectivity index (χ3v) is 3.69. The van der Waals surface area contributed by atoms with Crippen LogP contribution in [0.25, 0.3) is 0 Å². The molecule has 2 heterocycles. The molecule has 0 spiro atoms. The van der Waals surface area contributed by atoms with Crippen LogP contribution in [0.2, 0.25) is 0 Å². The molecular weight excluding hydrogens is 281 g/mol. The van der Waals surface area contributed by atoms with Crippen LogP contribution in [0.5, 0.6) is 5.75 Å². The highest BCUT2D eigenvalue weighted by molar-refractivity contribution is 5.40. The molecule has 1 saturated heterocycles. The molecule has 0 unspecified atom stereocenters. The Morgan fingerprint density at radius 2 is 1.91 bits per heavy atom. The van der Waals surface area contributed by atoms with Crippen molar-refractivity contribution in [2.24, 2.45) is 0 Å². The summed E-state index contributed by atoms with van der Waals surface area (Å²) in [6.07, 6.45) is 6.91. The second-order valence-corrected chi connectivity index (χ2v) is 5.16. The fourth-order valence-electron chi connectivity index (χ4n) is 2.49. The van der Waals surface area contributed by atoms with Crippen molar-refractivity contribution in [1.29, 1.82) is 0 Å². The van der Waals surface area contributed by atoms with Crippen LogP contribution in [0.4, 0.5) is 10.2 Å². The predicted molar refractivity (Wildman–Crippen MR) is 82.2 cm³/mol. The molecule has 1 aliphatic heterocycles. The molecule has 0 N–H and O–H groups in total. The Bertz CT molecular complexity index is 673. The fourth-order valence-corrected chi connectivity index (χ4v) is 2.49. The van der Waals surface area contributed by atoms with Crippen molar-refractivity contribution in [3.63, 3.8) is 0 Å². The highest BCUT2D eigenvalue weighted by Crippen LogP contribution is 2.23. The number of nitrogens with zero attached hydrogens (tertiary/aromatic N) is 3. The van der Waals surface area contributed by atoms with E-state index in [0.717, 1.165) is 31.7 Å². The minimum atomic E-state index is -0.319. The van der Waals surface area contributed by atoms with Crippen LogP contribution < -0.4 is 9.64 Å². The van der Waals surface area contributed by atoms with Gasteiger partial charge in [-0.1, -0.05) is 12.1 Å². The molecular formula is C17H16FN3O. The number of ether oxygens (including phenoxy) is 1. The van der Waals surface area contributed by atoms with Crippen molar-refractivity contribution in [1.82, 2.24) is 10.2 Å². The molecule has 1 aliphatic rings. The maximum absolute atomic E-state index is 13.6. The highest BCUT2D eigenvalue weighted by atomic mass is 19.1. The molecule has 0 aliphatic carbocycles. The molecule has 1 aromatic carbocycles. The van der Waals surface area contributed by atoms with Gasteiger partial charge in [-0.2, -0.15) is 0 Å². The first-order valence-electron chi connectivity index (χ1n) is 7.23. The van der Waals surface area contributed by atoms with Crippen LogP contribution in [-0.2, 0) is 0 Å². The second kappa shape index (κ2) is 6.44. The molecule has 22 heavy (non-hydrogen) atoms. The SMILES string of the molecule is C#Cc1ccc(N2CCC(Oc3ccccc3F)CC2)nn1. The Kier molecular flexibility index (Phi) is 4.19. The Labute approximate surface area is 128 Å². The zero-order chi connectivity index (χ0) is 15.4. The first kappa shape index (κ1) is 14.3. The van der Waals surface area contributed by atoms with Gasteiger partial charge in [-0.05, 0) is 30.2 Å². The lowest BCUT2D eigenvalue weighted by atomic mass is 10.1. The number of anilines is 1. The summed E-state index contributed by atoms with van der Waals surface area (Å²) in [5, 5.41) is 8.09. The Balaban J connectivity index is 1.58. The zero-order valence-corrected chi connectivity index (χ0v) is 12.1. The summed E-state index contributed by atoms with van der Waals surface area (Å²) in [5.41, 5.74) is 0.529. The molecule has 0 amide bonds. The number of benzene rings is 1. The zero-order valence-electron chi connectivity index (χ0n) is 12.1. The van der Waals surface area contributed by atoms with E-state index in [9.17, 15) is 4.39 Å². The lowest BCUT2D eigenvalue weighted by Crippen LogP contribution is -2.38. The van der Waals surface area contributed by atoms with E-state index in [4.69, 9.17) is 11.2 Å². The van der Waals surface area contributed by atoms with Gasteiger partial charge < -0.3 is 9.64 Å². The Morgan fingerprint density at radius 3 is 2.55 bits per heavy atom. The number of hydrogen-bond donors (Lipinski definition) is 0. The largest absolute Gasteiger partial charge is 0.487 e. The number of terminal acetylenes is 1. The van der Waals surface area contributed by atoms with Gasteiger partial charge >= 0.3 is 0 Å². The second-order valence-electron chi connectivity index (χ2n) is 5.16. The number of halogens is 1. The maximum atomic E-state index is 13.6. The standard InChI is InChI=1S/C17H16FN3O/c1-2-13-7-8-17(20-19-13)21-11-9-14(10-12-21)22-16-6-4-3-5-15(16)18/h1,3-8,14H,9-12H2. The normalized spacial score (nSPS) is 15.4. The van der Waals surface area contributed by atoms with Crippen LogP contribution in [-0.4, -0.2) is 29.4 Å². The van der Waals surface area contributed by atoms with Crippen LogP contribution in [0.15, 0.2) is 36.4 Å². The van der Waals surface area contributed by atoms with E-state index < -0.39 is 0 Å². The molecule has 1 aromatic heterocycles. The third-order valence-electron chi connectivity index (χ3n) is 3.69. The van der Waals surface area contributed by atoms with E-state index >= 15 is 0 Å². The topological polar surface area (TPSA) is 38.2 Å². The van der Waals surface area contributed by atoms with Crippen LogP contribution in [0.1, 0.15) is 18.5 Å². The van der Waals surface area contributed by atoms with Gasteiger partial charge in [0, 0.05) is 25.9 Å². The van der Waals surface area contributed by atoms with Gasteiger partial charge in [0.1, 0.15) is 11.8 Å². The number of para-hydroxylation sites is 1. The average Bonchev–Trinajstić information content (AvgIpc) is 2.58. The van der Waals surface area contributed by atoms with E-state index in [1.807, 2.05) is 6.07 Å². The predicted octanol–water partition coefficient (Wildman–Crippen LogP) is 2.64. The van der Waals surface area contributed by atoms with Gasteiger partial charge in [-0.25, -0.2) is 4.39 Å². The summed E-state index contributed by atoms with van der Waals surface area (Å²) >= 11 is 0. The monoisotopic (exact) mass is 297 g/mol. The lowest BCUT2D eigenvalue weighted by Gasteiger charge is -2.32. The van der Waals surface area contributed by atoms with Gasteiger partial charge in [0.05, 0.1) is 0 Å². The molecule has 4 nitrogen and oxygen atoms in total. The van der Waals surface area contributed by atoms with E-state index in [-0.39, 0.29) is 11.9 Å². The Hall–Kier alpha value is -2.61. The van der Waals surface area contributed by atoms with Crippen molar-refractivity contribution >= 4 is 5.82 Å². The minimum Gasteiger partial charge on any atom is -0.487 e. The molecule has 112 valence electrons. The molecule has 3 rings (SSSR count). The van der Waals surface area contributed by atoms with Gasteiger partial charge in [-0.15, -0.1) is 16.6 Å². The molecule has 2 aromatic rings. The Morgan fingerprint density at radius 1 is 1.14 bits per heavy atom. The molecule has 1 fully saturated rings. The smallest absolute Gasteiger partial charge is 0.165 e. The molecule has 0 atom stereocenters. The number of rotatable bonds is 3. The van der Waals surface area contributed by atoms with Crippen molar-refractivity contribution in [2.45, 2.75) is 18.9 Å². The first-order chi connectivity index (χ1) is 10.8. The fraction of sp³-hybridized carbons (Fsp3) is 0.294. The lowest BCUT2D eigenvalue weighted by molar-refractivity contribution is 0.163. The van der Waals surface area contributed by atoms with Gasteiger partial charge in [0.2, 0.25) is 0 Å². The molecule has 0 radical (unpaired) electrons. The highest BCUT2D eigenvalue weighted by Gasteiger charge is 2.22. The summed E-state index contributed by atoms with van der Waals surface area (Å²) < 4.78 is 19.3. The maximum Gasteiger partial charge on any atom is 0.165 e. The van der Waals surface area contributed by atoms with Crippen molar-refractivity contribution in [2.75, 3.05) is 18.0 Å². The van der Waals surface area contributed by atoms with Crippen LogP contribution in [0, 0.1) is 18.2 Å². The summed E-state index contributed by atoms with van der Waals surface area (Å²) in [5.74, 6) is 3.26. The summed E-state index contributed by atoms with van der Waals surface area (Å²) in [6, 6.07) is 10.2. The van der Waals surface area contributed by atoms with Crippen molar-refractivity contribution in [3.05, 3.63) is 47.9 Å². The van der Waals surface area contributed by atoms with Crippen molar-refractivity contribution in [3.8, 4) is 18.1 Å². The van der Waals surface area contributed by atoms with E-state index in [1.165, 1.54) is 6.07 Å². The summed E-state index contributed by atoms with van der Waals surface area (Å²) in [4.78, 5) is 2.13. The molecule has 0 saturated carbocycles.